The van der Waals surface area contributed by atoms with Crippen LogP contribution in [0.1, 0.15) is 41.1 Å². The number of hydrogen-bond acceptors (Lipinski definition) is 3. The van der Waals surface area contributed by atoms with Crippen LogP contribution in [0.3, 0.4) is 0 Å². The van der Waals surface area contributed by atoms with E-state index >= 15 is 0 Å². The smallest absolute Gasteiger partial charge is 0.304 e. The molecule has 0 radical (unpaired) electrons. The van der Waals surface area contributed by atoms with Gasteiger partial charge in [0.1, 0.15) is 5.37 Å². The van der Waals surface area contributed by atoms with Crippen molar-refractivity contribution in [3.05, 3.63) is 35.4 Å². The van der Waals surface area contributed by atoms with Gasteiger partial charge in [-0.3, -0.25) is 9.59 Å². The number of fused-ring (bicyclic) bond motifs is 1. The molecular formula is C14H17NO3S. The Hall–Kier alpha value is -1.49. The average molecular weight is 279 g/mol. The lowest BCUT2D eigenvalue weighted by Gasteiger charge is -2.24. The number of benzene rings is 1. The Morgan fingerprint density at radius 2 is 2.16 bits per heavy atom. The number of carboxylic acids is 1. The van der Waals surface area contributed by atoms with Gasteiger partial charge in [-0.05, 0) is 18.1 Å². The molecular weight excluding hydrogens is 262 g/mol. The molecule has 1 heterocycles. The molecule has 1 aliphatic rings. The van der Waals surface area contributed by atoms with Crippen molar-refractivity contribution in [3.8, 4) is 0 Å². The molecule has 0 aliphatic carbocycles. The van der Waals surface area contributed by atoms with Crippen LogP contribution in [-0.2, 0) is 4.79 Å². The molecule has 0 aromatic heterocycles. The number of carbonyl (C=O) groups excluding carboxylic acids is 1. The molecule has 1 atom stereocenters. The van der Waals surface area contributed by atoms with Crippen LogP contribution < -0.4 is 0 Å². The first kappa shape index (κ1) is 13.9. The molecule has 0 fully saturated rings. The maximum absolute atomic E-state index is 12.3. The lowest BCUT2D eigenvalue weighted by atomic mass is 10.1. The second-order valence-electron chi connectivity index (χ2n) is 4.45. The highest BCUT2D eigenvalue weighted by atomic mass is 32.2. The van der Waals surface area contributed by atoms with E-state index in [9.17, 15) is 9.59 Å². The second-order valence-corrected chi connectivity index (χ2v) is 5.64. The van der Waals surface area contributed by atoms with Crippen LogP contribution in [0, 0.1) is 0 Å². The number of carbonyl (C=O) groups is 2. The number of nitrogens with zero attached hydrogens (tertiary/aromatic N) is 1. The lowest BCUT2D eigenvalue weighted by molar-refractivity contribution is -0.136. The number of hydrogen-bond donors (Lipinski definition) is 1. The minimum absolute atomic E-state index is 0.0389. The molecule has 0 saturated heterocycles. The Balaban J connectivity index is 2.17. The van der Waals surface area contributed by atoms with Crippen molar-refractivity contribution in [2.75, 3.05) is 12.3 Å². The fraction of sp³-hybridized carbons (Fsp3) is 0.429. The van der Waals surface area contributed by atoms with E-state index in [2.05, 4.69) is 0 Å². The second kappa shape index (κ2) is 6.10. The molecule has 5 heteroatoms. The molecule has 2 rings (SSSR count). The van der Waals surface area contributed by atoms with Crippen molar-refractivity contribution in [1.82, 2.24) is 4.90 Å². The molecule has 1 amide bonds. The maximum atomic E-state index is 12.3. The number of carboxylic acid groups (broad SMARTS) is 1. The zero-order chi connectivity index (χ0) is 13.8. The van der Waals surface area contributed by atoms with Gasteiger partial charge in [0, 0.05) is 17.9 Å². The SMILES string of the molecule is CCCN1C(=O)c2ccccc2C1SCCC(=O)O. The molecule has 1 unspecified atom stereocenters. The summed E-state index contributed by atoms with van der Waals surface area (Å²) in [5.41, 5.74) is 1.76. The number of amides is 1. The largest absolute Gasteiger partial charge is 0.481 e. The Morgan fingerprint density at radius 1 is 1.42 bits per heavy atom. The normalized spacial score (nSPS) is 17.6. The Kier molecular flexibility index (Phi) is 4.47. The third kappa shape index (κ3) is 2.92. The van der Waals surface area contributed by atoms with Crippen molar-refractivity contribution < 1.29 is 14.7 Å². The van der Waals surface area contributed by atoms with Gasteiger partial charge in [0.05, 0.1) is 6.42 Å². The predicted molar refractivity (Wildman–Crippen MR) is 75.2 cm³/mol. The standard InChI is InChI=1S/C14H17NO3S/c1-2-8-15-13(18)10-5-3-4-6-11(10)14(15)19-9-7-12(16)17/h3-6,14H,2,7-9H2,1H3,(H,16,17). The lowest BCUT2D eigenvalue weighted by Crippen LogP contribution is -2.27. The Morgan fingerprint density at radius 3 is 2.84 bits per heavy atom. The minimum Gasteiger partial charge on any atom is -0.481 e. The van der Waals surface area contributed by atoms with Crippen LogP contribution in [0.25, 0.3) is 0 Å². The molecule has 4 nitrogen and oxygen atoms in total. The van der Waals surface area contributed by atoms with Crippen LogP contribution >= 0.6 is 11.8 Å². The van der Waals surface area contributed by atoms with Gasteiger partial charge >= 0.3 is 5.97 Å². The molecule has 0 spiro atoms. The van der Waals surface area contributed by atoms with E-state index in [1.165, 1.54) is 11.8 Å². The van der Waals surface area contributed by atoms with Crippen LogP contribution in [-0.4, -0.2) is 34.2 Å². The quantitative estimate of drug-likeness (QED) is 0.870. The first-order valence-electron chi connectivity index (χ1n) is 6.38. The highest BCUT2D eigenvalue weighted by Gasteiger charge is 2.35. The fourth-order valence-corrected chi connectivity index (χ4v) is 3.52. The van der Waals surface area contributed by atoms with Crippen LogP contribution in [0.2, 0.25) is 0 Å². The van der Waals surface area contributed by atoms with E-state index in [1.54, 1.807) is 0 Å². The third-order valence-corrected chi connectivity index (χ3v) is 4.32. The summed E-state index contributed by atoms with van der Waals surface area (Å²) >= 11 is 1.53. The van der Waals surface area contributed by atoms with E-state index in [-0.39, 0.29) is 17.7 Å². The van der Waals surface area contributed by atoms with E-state index in [1.807, 2.05) is 36.1 Å². The zero-order valence-corrected chi connectivity index (χ0v) is 11.7. The van der Waals surface area contributed by atoms with Gasteiger partial charge in [-0.15, -0.1) is 11.8 Å². The summed E-state index contributed by atoms with van der Waals surface area (Å²) in [6.07, 6.45) is 1.02. The van der Waals surface area contributed by atoms with Crippen LogP contribution in [0.15, 0.2) is 24.3 Å². The zero-order valence-electron chi connectivity index (χ0n) is 10.8. The van der Waals surface area contributed by atoms with Gasteiger partial charge in [-0.25, -0.2) is 0 Å². The first-order chi connectivity index (χ1) is 9.15. The van der Waals surface area contributed by atoms with Gasteiger partial charge in [0.25, 0.3) is 5.91 Å². The molecule has 0 bridgehead atoms. The molecule has 1 aliphatic heterocycles. The van der Waals surface area contributed by atoms with Gasteiger partial charge < -0.3 is 10.0 Å². The number of rotatable bonds is 6. The number of aliphatic carboxylic acids is 1. The van der Waals surface area contributed by atoms with Crippen LogP contribution in [0.4, 0.5) is 0 Å². The predicted octanol–water partition coefficient (Wildman–Crippen LogP) is 2.76. The molecule has 0 saturated carbocycles. The monoisotopic (exact) mass is 279 g/mol. The van der Waals surface area contributed by atoms with Crippen molar-refractivity contribution in [3.63, 3.8) is 0 Å². The summed E-state index contributed by atoms with van der Waals surface area (Å²) in [7, 11) is 0. The summed E-state index contributed by atoms with van der Waals surface area (Å²) < 4.78 is 0. The highest BCUT2D eigenvalue weighted by Crippen LogP contribution is 2.41. The van der Waals surface area contributed by atoms with Gasteiger partial charge in [-0.2, -0.15) is 0 Å². The van der Waals surface area contributed by atoms with E-state index in [0.29, 0.717) is 12.3 Å². The van der Waals surface area contributed by atoms with Gasteiger partial charge in [-0.1, -0.05) is 25.1 Å². The summed E-state index contributed by atoms with van der Waals surface area (Å²) in [4.78, 5) is 24.7. The van der Waals surface area contributed by atoms with Crippen molar-refractivity contribution in [1.29, 1.82) is 0 Å². The van der Waals surface area contributed by atoms with E-state index in [4.69, 9.17) is 5.11 Å². The van der Waals surface area contributed by atoms with Crippen molar-refractivity contribution in [2.45, 2.75) is 25.1 Å². The summed E-state index contributed by atoms with van der Waals surface area (Å²) in [5.74, 6) is -0.223. The van der Waals surface area contributed by atoms with Gasteiger partial charge in [0.2, 0.25) is 0 Å². The van der Waals surface area contributed by atoms with Crippen molar-refractivity contribution >= 4 is 23.6 Å². The summed E-state index contributed by atoms with van der Waals surface area (Å²) in [5, 5.41) is 8.67. The van der Waals surface area contributed by atoms with E-state index < -0.39 is 5.97 Å². The van der Waals surface area contributed by atoms with Gasteiger partial charge in [0.15, 0.2) is 0 Å². The van der Waals surface area contributed by atoms with E-state index in [0.717, 1.165) is 17.5 Å². The molecule has 19 heavy (non-hydrogen) atoms. The fourth-order valence-electron chi connectivity index (χ4n) is 2.23. The van der Waals surface area contributed by atoms with Crippen molar-refractivity contribution in [2.24, 2.45) is 0 Å². The minimum atomic E-state index is -0.799. The first-order valence-corrected chi connectivity index (χ1v) is 7.43. The molecule has 1 aromatic carbocycles. The summed E-state index contributed by atoms with van der Waals surface area (Å²) in [6.45, 7) is 2.74. The van der Waals surface area contributed by atoms with Crippen LogP contribution in [0.5, 0.6) is 0 Å². The molecule has 1 N–H and O–H groups in total. The molecule has 1 aromatic rings. The summed E-state index contributed by atoms with van der Waals surface area (Å²) in [6, 6.07) is 7.59. The number of thioether (sulfide) groups is 1. The Bertz CT molecular complexity index is 489. The average Bonchev–Trinajstić information content (AvgIpc) is 2.65. The molecule has 102 valence electrons. The maximum Gasteiger partial charge on any atom is 0.304 e. The topological polar surface area (TPSA) is 57.6 Å². The Labute approximate surface area is 116 Å². The highest BCUT2D eigenvalue weighted by molar-refractivity contribution is 7.99. The third-order valence-electron chi connectivity index (χ3n) is 3.06.